The Morgan fingerprint density at radius 2 is 0.921 bits per heavy atom. The highest BCUT2D eigenvalue weighted by atomic mass is 16.5. The molecule has 6 saturated carbocycles. The van der Waals surface area contributed by atoms with Crippen molar-refractivity contribution >= 4 is 35.1 Å². The van der Waals surface area contributed by atoms with Crippen LogP contribution in [-0.4, -0.2) is 59.5 Å². The molecule has 0 radical (unpaired) electrons. The highest BCUT2D eigenvalue weighted by Crippen LogP contribution is 2.77. The number of ketones is 4. The Hall–Kier alpha value is -4.52. The van der Waals surface area contributed by atoms with Crippen LogP contribution in [0.1, 0.15) is 187 Å². The number of ether oxygens (including phenoxy) is 1. The Kier molecular flexibility index (Phi) is 13.7. The van der Waals surface area contributed by atoms with Crippen molar-refractivity contribution in [1.29, 1.82) is 0 Å². The summed E-state index contributed by atoms with van der Waals surface area (Å²) in [7, 11) is 2.92. The van der Waals surface area contributed by atoms with E-state index in [0.717, 1.165) is 81.8 Å². The lowest BCUT2D eigenvalue weighted by Gasteiger charge is -2.68. The van der Waals surface area contributed by atoms with Crippen molar-refractivity contribution in [2.24, 2.45) is 100 Å². The third kappa shape index (κ3) is 7.57. The lowest BCUT2D eigenvalue weighted by atomic mass is 9.34. The molecule has 0 aromatic heterocycles. The van der Waals surface area contributed by atoms with Crippen molar-refractivity contribution in [3.8, 4) is 0 Å². The number of aliphatic carboxylic acids is 1. The van der Waals surface area contributed by atoms with E-state index in [9.17, 15) is 33.9 Å². The van der Waals surface area contributed by atoms with Crippen molar-refractivity contribution in [3.05, 3.63) is 69.7 Å². The molecular formula is C64H89N3O9. The molecule has 0 unspecified atom stereocenters. The molecule has 12 nitrogen and oxygen atoms in total. The van der Waals surface area contributed by atoms with Gasteiger partial charge < -0.3 is 24.6 Å². The summed E-state index contributed by atoms with van der Waals surface area (Å²) in [6, 6.07) is 0. The number of allylic oxidation sites excluding steroid dienone is 8. The van der Waals surface area contributed by atoms with Crippen molar-refractivity contribution < 1.29 is 43.8 Å². The van der Waals surface area contributed by atoms with Gasteiger partial charge >= 0.3 is 11.9 Å². The number of carbonyl (C=O) groups excluding carboxylic acids is 5. The molecule has 0 spiro atoms. The summed E-state index contributed by atoms with van der Waals surface area (Å²) in [4.78, 5) is 88.4. The van der Waals surface area contributed by atoms with Gasteiger partial charge in [-0.2, -0.15) is 0 Å². The topological polar surface area (TPSA) is 173 Å². The van der Waals surface area contributed by atoms with Crippen LogP contribution in [0.4, 0.5) is 0 Å². The van der Waals surface area contributed by atoms with E-state index in [1.165, 1.54) is 14.2 Å². The number of carboxylic acids is 1. The smallest absolute Gasteiger partial charge is 0.312 e. The van der Waals surface area contributed by atoms with Crippen molar-refractivity contribution in [2.45, 2.75) is 187 Å². The summed E-state index contributed by atoms with van der Waals surface area (Å²) in [5.74, 6) is -1.59. The molecule has 76 heavy (non-hydrogen) atoms. The zero-order valence-corrected chi connectivity index (χ0v) is 48.8. The Morgan fingerprint density at radius 1 is 0.579 bits per heavy atom. The lowest BCUT2D eigenvalue weighted by molar-refractivity contribution is -0.191. The van der Waals surface area contributed by atoms with Gasteiger partial charge in [0.1, 0.15) is 0 Å². The van der Waals surface area contributed by atoms with Gasteiger partial charge in [0.05, 0.1) is 31.1 Å². The predicted octanol–water partition coefficient (Wildman–Crippen LogP) is 13.0. The number of esters is 1. The zero-order chi connectivity index (χ0) is 56.8. The van der Waals surface area contributed by atoms with Gasteiger partial charge in [0.25, 0.3) is 0 Å². The summed E-state index contributed by atoms with van der Waals surface area (Å²) in [5, 5.41) is 17.8. The molecule has 3 N–H and O–H groups in total. The first-order valence-corrected chi connectivity index (χ1v) is 28.4. The fraction of sp³-hybridized carbons (Fsp3) is 0.750. The second kappa shape index (κ2) is 18.0. The van der Waals surface area contributed by atoms with E-state index in [1.807, 2.05) is 52.0 Å². The highest BCUT2D eigenvalue weighted by molar-refractivity contribution is 6.04. The summed E-state index contributed by atoms with van der Waals surface area (Å²) in [6.45, 7) is 45.7. The molecule has 10 aliphatic rings. The normalized spacial score (nSPS) is 44.6. The average Bonchev–Trinajstić information content (AvgIpc) is 3.32. The molecule has 10 aliphatic carbocycles. The summed E-state index contributed by atoms with van der Waals surface area (Å²) in [6.07, 6.45) is 18.7. The zero-order valence-electron chi connectivity index (χ0n) is 48.8. The number of hydroxylamine groups is 1. The van der Waals surface area contributed by atoms with Crippen LogP contribution in [0, 0.1) is 114 Å². The van der Waals surface area contributed by atoms with Gasteiger partial charge in [-0.05, 0) is 158 Å². The number of fused-ring (bicyclic) bond motifs is 14. The number of methoxy groups -OCH3 is 1. The van der Waals surface area contributed by atoms with Gasteiger partial charge in [0.15, 0.2) is 23.1 Å². The third-order valence-electron chi connectivity index (χ3n) is 24.7. The average molecular weight is 1040 g/mol. The fourth-order valence-electron chi connectivity index (χ4n) is 20.1. The fourth-order valence-corrected chi connectivity index (χ4v) is 20.1. The molecule has 0 aromatic carbocycles. The third-order valence-corrected chi connectivity index (χ3v) is 24.7. The van der Waals surface area contributed by atoms with Crippen LogP contribution >= 0.6 is 0 Å². The minimum Gasteiger partial charge on any atom is -0.481 e. The van der Waals surface area contributed by atoms with E-state index in [1.54, 1.807) is 5.48 Å². The van der Waals surface area contributed by atoms with Gasteiger partial charge in [-0.1, -0.05) is 120 Å². The summed E-state index contributed by atoms with van der Waals surface area (Å²) < 4.78 is 5.41. The number of nitrogens with one attached hydrogen (secondary N) is 1. The maximum absolute atomic E-state index is 14.4. The molecule has 0 heterocycles. The minimum absolute atomic E-state index is 0.0116. The van der Waals surface area contributed by atoms with Crippen molar-refractivity contribution in [3.63, 3.8) is 0 Å². The van der Waals surface area contributed by atoms with E-state index in [-0.39, 0.29) is 108 Å². The first-order valence-electron chi connectivity index (χ1n) is 28.4. The Balaban J connectivity index is 0.000000192. The number of hydrogen-bond acceptors (Lipinski definition) is 9. The Bertz CT molecular complexity index is 2780. The second-order valence-electron chi connectivity index (χ2n) is 29.8. The monoisotopic (exact) mass is 1040 g/mol. The van der Waals surface area contributed by atoms with Crippen LogP contribution in [0.3, 0.4) is 0 Å². The van der Waals surface area contributed by atoms with E-state index >= 15 is 0 Å². The SMILES string of the molecule is CNO.[C-]#[N+]C1=C[C@]2(C)C3=CC(=O)[C@@H]4[C@@H]5CC(C)(C)CC[C@]5(C(=O)O)CC[C@@]4(C)[C@]3(C)CC[C@H]2C(C)(C)C1=O.[C-]#[N+]C1=C[C@]2(C)C3=CC(=O)[C@@H]4[C@@H]5CC(C)(C)CC[C@]5(C(=O)OC)CC[C@@]4(C)[C@]3(C)CC[C@H]2C(C)(C)C1=O. The molecule has 0 amide bonds. The van der Waals surface area contributed by atoms with Crippen LogP contribution in [0.2, 0.25) is 0 Å². The molecule has 414 valence electrons. The van der Waals surface area contributed by atoms with Gasteiger partial charge in [0, 0.05) is 40.5 Å². The van der Waals surface area contributed by atoms with Crippen LogP contribution in [0.5, 0.6) is 0 Å². The largest absolute Gasteiger partial charge is 0.481 e. The number of nitrogens with zero attached hydrogens (tertiary/aromatic N) is 2. The lowest BCUT2D eigenvalue weighted by Crippen LogP contribution is -2.65. The van der Waals surface area contributed by atoms with E-state index in [4.69, 9.17) is 23.1 Å². The number of rotatable bonds is 2. The summed E-state index contributed by atoms with van der Waals surface area (Å²) >= 11 is 0. The van der Waals surface area contributed by atoms with Gasteiger partial charge in [-0.3, -0.25) is 19.2 Å². The molecule has 6 fully saturated rings. The maximum atomic E-state index is 14.4. The first-order chi connectivity index (χ1) is 35.0. The van der Waals surface area contributed by atoms with E-state index in [0.29, 0.717) is 19.3 Å². The molecule has 10 rings (SSSR count). The van der Waals surface area contributed by atoms with Gasteiger partial charge in [-0.15, -0.1) is 0 Å². The Morgan fingerprint density at radius 3 is 1.28 bits per heavy atom. The van der Waals surface area contributed by atoms with Gasteiger partial charge in [0.2, 0.25) is 11.4 Å². The minimum atomic E-state index is -0.825. The van der Waals surface area contributed by atoms with E-state index < -0.39 is 38.5 Å². The predicted molar refractivity (Wildman–Crippen MR) is 290 cm³/mol. The van der Waals surface area contributed by atoms with Gasteiger partial charge in [-0.25, -0.2) is 15.2 Å². The van der Waals surface area contributed by atoms with Crippen molar-refractivity contribution in [1.82, 2.24) is 5.48 Å². The second-order valence-corrected chi connectivity index (χ2v) is 29.8. The van der Waals surface area contributed by atoms with Crippen molar-refractivity contribution in [2.75, 3.05) is 14.2 Å². The number of carbonyl (C=O) groups is 6. The van der Waals surface area contributed by atoms with Crippen LogP contribution in [0.15, 0.2) is 46.8 Å². The highest BCUT2D eigenvalue weighted by Gasteiger charge is 2.73. The Labute approximate surface area is 453 Å². The van der Waals surface area contributed by atoms with Crippen LogP contribution in [-0.2, 0) is 33.5 Å². The summed E-state index contributed by atoms with van der Waals surface area (Å²) in [5.41, 5.74) is -0.698. The molecule has 0 aromatic rings. The maximum Gasteiger partial charge on any atom is 0.312 e. The standard InChI is InChI=1S/C32H43NO4.C31H41NO4.CH5NO/c1-27(2)12-14-32(26(36)37-9)15-13-31(7)24(19(32)17-27)21(34)16-23-29(5)18-20(33-8)25(35)28(3,4)22(29)10-11-30(23,31)6;1-26(2)11-13-31(25(35)36)14-12-30(7)23(18(31)16-26)20(33)15-22-28(5)17-19(32-8)24(34)27(3,4)21(28)9-10-29(22,30)6;1-2-3/h16,18-19,22,24H,10-15,17H2,1-7,9H3;15,17-18,21,23H,9-14,16H2,1-7H3,(H,35,36);2-3H,1H3/t19-,22-,24-,29-,30+,31+,32-;18-,21-,23-,28-,29+,30+,31-;/m00./s1. The number of Topliss-reactive ketones (excluding diaryl/α,β-unsaturated/α-hetero) is 2. The van der Waals surface area contributed by atoms with Crippen LogP contribution in [0.25, 0.3) is 9.69 Å². The molecule has 14 atom stereocenters. The molecule has 0 saturated heterocycles. The van der Waals surface area contributed by atoms with Crippen LogP contribution < -0.4 is 5.48 Å². The molecule has 0 aliphatic heterocycles. The number of carboxylic acid groups (broad SMARTS) is 1. The molecular weight excluding hydrogens is 955 g/mol. The quantitative estimate of drug-likeness (QED) is 0.137. The van der Waals surface area contributed by atoms with E-state index in [2.05, 4.69) is 78.9 Å². The number of hydrogen-bond donors (Lipinski definition) is 3. The molecule has 12 heteroatoms. The molecule has 0 bridgehead atoms. The first kappa shape index (κ1) is 57.6.